The first kappa shape index (κ1) is 23.9. The number of urea groups is 1. The maximum Gasteiger partial charge on any atom is 0.322 e. The molecule has 188 valence electrons. The lowest BCUT2D eigenvalue weighted by Gasteiger charge is -2.38. The van der Waals surface area contributed by atoms with Crippen molar-refractivity contribution < 1.29 is 14.4 Å². The summed E-state index contributed by atoms with van der Waals surface area (Å²) in [6.07, 6.45) is 0. The Morgan fingerprint density at radius 2 is 1.58 bits per heavy atom. The third-order valence-electron chi connectivity index (χ3n) is 7.56. The van der Waals surface area contributed by atoms with Crippen LogP contribution in [0.2, 0.25) is 0 Å². The summed E-state index contributed by atoms with van der Waals surface area (Å²) < 4.78 is 0. The highest BCUT2D eigenvalue weighted by atomic mass is 16.2. The van der Waals surface area contributed by atoms with Crippen molar-refractivity contribution in [2.45, 2.75) is 26.8 Å². The molecule has 0 spiro atoms. The van der Waals surface area contributed by atoms with Gasteiger partial charge in [0.15, 0.2) is 0 Å². The number of amides is 4. The van der Waals surface area contributed by atoms with E-state index >= 15 is 0 Å². The summed E-state index contributed by atoms with van der Waals surface area (Å²) in [5.41, 5.74) is 6.91. The van der Waals surface area contributed by atoms with Gasteiger partial charge in [-0.3, -0.25) is 14.5 Å². The maximum atomic E-state index is 13.5. The van der Waals surface area contributed by atoms with Crippen molar-refractivity contribution >= 4 is 23.5 Å². The van der Waals surface area contributed by atoms with Crippen molar-refractivity contribution in [3.63, 3.8) is 0 Å². The molecule has 1 atom stereocenters. The molecule has 0 bridgehead atoms. The van der Waals surface area contributed by atoms with E-state index in [-0.39, 0.29) is 30.9 Å². The molecule has 0 saturated carbocycles. The Morgan fingerprint density at radius 3 is 2.22 bits per heavy atom. The number of likely N-dealkylation sites (N-methyl/N-ethyl adjacent to an activating group) is 1. The second-order valence-corrected chi connectivity index (χ2v) is 9.98. The Morgan fingerprint density at radius 1 is 0.944 bits per heavy atom. The van der Waals surface area contributed by atoms with E-state index in [4.69, 9.17) is 0 Å². The lowest BCUT2D eigenvalue weighted by atomic mass is 9.95. The fourth-order valence-corrected chi connectivity index (χ4v) is 5.51. The lowest BCUT2D eigenvalue weighted by molar-refractivity contribution is -0.137. The minimum atomic E-state index is -0.516. The first-order valence-electron chi connectivity index (χ1n) is 12.5. The zero-order valence-corrected chi connectivity index (χ0v) is 21.4. The summed E-state index contributed by atoms with van der Waals surface area (Å²) in [7, 11) is 1.67. The fourth-order valence-electron chi connectivity index (χ4n) is 5.51. The first-order valence-corrected chi connectivity index (χ1v) is 12.5. The van der Waals surface area contributed by atoms with E-state index in [2.05, 4.69) is 42.3 Å². The second-order valence-electron chi connectivity index (χ2n) is 9.98. The van der Waals surface area contributed by atoms with Crippen LogP contribution >= 0.6 is 0 Å². The summed E-state index contributed by atoms with van der Waals surface area (Å²) in [5.74, 6) is -0.247. The molecule has 0 radical (unpaired) electrons. The quantitative estimate of drug-likeness (QED) is 0.720. The third-order valence-corrected chi connectivity index (χ3v) is 7.56. The van der Waals surface area contributed by atoms with Gasteiger partial charge in [-0.1, -0.05) is 48.0 Å². The molecule has 0 aromatic heterocycles. The Hall–Kier alpha value is -3.81. The van der Waals surface area contributed by atoms with Crippen molar-refractivity contribution in [2.75, 3.05) is 51.2 Å². The monoisotopic (exact) mass is 487 g/mol. The molecule has 3 aliphatic rings. The number of anilines is 1. The van der Waals surface area contributed by atoms with Crippen molar-refractivity contribution in [3.05, 3.63) is 76.0 Å². The minimum absolute atomic E-state index is 0.0118. The molecule has 1 fully saturated rings. The predicted octanol–water partition coefficient (Wildman–Crippen LogP) is 2.75. The van der Waals surface area contributed by atoms with Crippen molar-refractivity contribution in [1.82, 2.24) is 20.0 Å². The van der Waals surface area contributed by atoms with Crippen LogP contribution in [0.3, 0.4) is 0 Å². The largest absolute Gasteiger partial charge is 0.368 e. The zero-order chi connectivity index (χ0) is 25.6. The number of aryl methyl sites for hydroxylation is 3. The lowest BCUT2D eigenvalue weighted by Crippen LogP contribution is -2.52. The molecule has 3 heterocycles. The molecule has 4 amide bonds. The van der Waals surface area contributed by atoms with Crippen molar-refractivity contribution in [2.24, 2.45) is 0 Å². The van der Waals surface area contributed by atoms with Gasteiger partial charge in [0.25, 0.3) is 5.91 Å². The van der Waals surface area contributed by atoms with Crippen LogP contribution in [0.5, 0.6) is 0 Å². The Bertz CT molecular complexity index is 1220. The molecule has 1 N–H and O–H groups in total. The van der Waals surface area contributed by atoms with Gasteiger partial charge in [-0.15, -0.1) is 0 Å². The molecule has 3 aliphatic heterocycles. The predicted molar refractivity (Wildman–Crippen MR) is 139 cm³/mol. The molecule has 2 aromatic rings. The SMILES string of the molecule is Cc1ccc([C@H]2NC(=O)N(C)C3=C2C(=O)N(CC(=O)N2CCN(c4c(C)cccc4C)CC2)C3)cc1. The number of piperazine rings is 1. The van der Waals surface area contributed by atoms with Crippen LogP contribution in [0, 0.1) is 20.8 Å². The highest BCUT2D eigenvalue weighted by Crippen LogP contribution is 2.35. The minimum Gasteiger partial charge on any atom is -0.368 e. The van der Waals surface area contributed by atoms with E-state index in [1.807, 2.05) is 36.1 Å². The number of nitrogens with zero attached hydrogens (tertiary/aromatic N) is 4. The highest BCUT2D eigenvalue weighted by molar-refractivity contribution is 6.03. The fraction of sp³-hybridized carbons (Fsp3) is 0.393. The molecule has 2 aromatic carbocycles. The van der Waals surface area contributed by atoms with Crippen molar-refractivity contribution in [3.8, 4) is 0 Å². The van der Waals surface area contributed by atoms with Gasteiger partial charge in [0.2, 0.25) is 5.91 Å². The van der Waals surface area contributed by atoms with Gasteiger partial charge in [0.05, 0.1) is 23.9 Å². The second kappa shape index (κ2) is 9.33. The number of carbonyl (C=O) groups excluding carboxylic acids is 3. The van der Waals surface area contributed by atoms with Crippen molar-refractivity contribution in [1.29, 1.82) is 0 Å². The van der Waals surface area contributed by atoms with Crippen LogP contribution in [0.15, 0.2) is 53.7 Å². The summed E-state index contributed by atoms with van der Waals surface area (Å²) in [4.78, 5) is 46.6. The van der Waals surface area contributed by atoms with Gasteiger partial charge in [-0.2, -0.15) is 0 Å². The molecule has 8 heteroatoms. The van der Waals surface area contributed by atoms with E-state index in [1.54, 1.807) is 11.9 Å². The van der Waals surface area contributed by atoms with Gasteiger partial charge in [0.1, 0.15) is 6.54 Å². The van der Waals surface area contributed by atoms with Gasteiger partial charge in [-0.05, 0) is 37.5 Å². The Balaban J connectivity index is 1.27. The number of benzene rings is 2. The molecule has 5 rings (SSSR count). The normalized spacial score (nSPS) is 20.2. The average Bonchev–Trinajstić information content (AvgIpc) is 3.18. The smallest absolute Gasteiger partial charge is 0.322 e. The van der Waals surface area contributed by atoms with E-state index < -0.39 is 6.04 Å². The van der Waals surface area contributed by atoms with Crippen LogP contribution in [-0.2, 0) is 9.59 Å². The molecule has 0 aliphatic carbocycles. The first-order chi connectivity index (χ1) is 17.2. The van der Waals surface area contributed by atoms with Crippen LogP contribution in [0.4, 0.5) is 10.5 Å². The number of hydrogen-bond acceptors (Lipinski definition) is 4. The molecular weight excluding hydrogens is 454 g/mol. The maximum absolute atomic E-state index is 13.5. The van der Waals surface area contributed by atoms with E-state index in [0.717, 1.165) is 24.2 Å². The summed E-state index contributed by atoms with van der Waals surface area (Å²) >= 11 is 0. The molecule has 36 heavy (non-hydrogen) atoms. The van der Waals surface area contributed by atoms with Crippen LogP contribution in [0.25, 0.3) is 0 Å². The zero-order valence-electron chi connectivity index (χ0n) is 21.4. The van der Waals surface area contributed by atoms with Crippen LogP contribution in [-0.4, -0.2) is 78.9 Å². The number of nitrogens with one attached hydrogen (secondary N) is 1. The number of carbonyl (C=O) groups is 3. The standard InChI is InChI=1S/C28H33N5O3/c1-18-8-10-21(11-9-18)25-24-22(30(4)28(36)29-25)16-33(27(24)35)17-23(34)31-12-14-32(15-13-31)26-19(2)6-5-7-20(26)3/h5-11,25H,12-17H2,1-4H3,(H,29,36)/t25-/m1/s1. The van der Waals surface area contributed by atoms with Gasteiger partial charge < -0.3 is 20.0 Å². The number of hydrogen-bond donors (Lipinski definition) is 1. The number of para-hydroxylation sites is 1. The molecular formula is C28H33N5O3. The van der Waals surface area contributed by atoms with Crippen LogP contribution in [0.1, 0.15) is 28.3 Å². The van der Waals surface area contributed by atoms with Crippen LogP contribution < -0.4 is 10.2 Å². The van der Waals surface area contributed by atoms with E-state index in [1.165, 1.54) is 21.7 Å². The highest BCUT2D eigenvalue weighted by Gasteiger charge is 2.43. The summed E-state index contributed by atoms with van der Waals surface area (Å²) in [6.45, 7) is 9.27. The summed E-state index contributed by atoms with van der Waals surface area (Å²) in [5, 5.41) is 2.95. The molecule has 0 unspecified atom stereocenters. The average molecular weight is 488 g/mol. The Labute approximate surface area is 212 Å². The molecule has 1 saturated heterocycles. The number of rotatable bonds is 4. The third kappa shape index (κ3) is 4.21. The van der Waals surface area contributed by atoms with Gasteiger partial charge in [0, 0.05) is 38.9 Å². The van der Waals surface area contributed by atoms with E-state index in [0.29, 0.717) is 24.4 Å². The topological polar surface area (TPSA) is 76.2 Å². The molecule has 8 nitrogen and oxygen atoms in total. The Kier molecular flexibility index (Phi) is 6.20. The van der Waals surface area contributed by atoms with Gasteiger partial charge in [-0.25, -0.2) is 4.79 Å². The van der Waals surface area contributed by atoms with E-state index in [9.17, 15) is 14.4 Å². The summed E-state index contributed by atoms with van der Waals surface area (Å²) in [6, 6.07) is 13.4. The van der Waals surface area contributed by atoms with Gasteiger partial charge >= 0.3 is 6.03 Å².